The number of halogens is 1. The summed E-state index contributed by atoms with van der Waals surface area (Å²) in [5.74, 6) is -3.02. The molecule has 3 rings (SSSR count). The standard InChI is InChI=1S/C24H28ClN3O5S/c1-3-33-18-9-8-15(12-17(18)25)20-16(13-26)23(27-22(30)21(20)24(31)32-2)34-14-19(29)28-10-6-4-5-7-11-28/h8-9,12,20-21H,3-7,10-11,14H2,1-2H3,(H,27,30)/t20-,21-/m0/s1. The van der Waals surface area contributed by atoms with Crippen LogP contribution in [0.2, 0.25) is 5.02 Å². The van der Waals surface area contributed by atoms with Gasteiger partial charge in [-0.15, -0.1) is 0 Å². The number of nitrogens with one attached hydrogen (secondary N) is 1. The molecule has 2 aliphatic heterocycles. The summed E-state index contributed by atoms with van der Waals surface area (Å²) < 4.78 is 10.3. The van der Waals surface area contributed by atoms with Crippen LogP contribution in [-0.4, -0.2) is 55.2 Å². The second kappa shape index (κ2) is 12.1. The van der Waals surface area contributed by atoms with Gasteiger partial charge in [0.1, 0.15) is 11.7 Å². The number of hydrogen-bond acceptors (Lipinski definition) is 7. The summed E-state index contributed by atoms with van der Waals surface area (Å²) >= 11 is 7.46. The number of rotatable bonds is 7. The molecule has 0 saturated carbocycles. The number of nitriles is 1. The first-order valence-corrected chi connectivity index (χ1v) is 12.6. The van der Waals surface area contributed by atoms with Gasteiger partial charge in [0.25, 0.3) is 0 Å². The number of esters is 1. The number of nitrogens with zero attached hydrogens (tertiary/aromatic N) is 2. The van der Waals surface area contributed by atoms with Crippen LogP contribution < -0.4 is 10.1 Å². The molecule has 0 aromatic heterocycles. The van der Waals surface area contributed by atoms with Gasteiger partial charge >= 0.3 is 5.97 Å². The summed E-state index contributed by atoms with van der Waals surface area (Å²) in [5.41, 5.74) is 0.691. The maximum absolute atomic E-state index is 13.0. The molecule has 2 atom stereocenters. The smallest absolute Gasteiger partial charge is 0.319 e. The Morgan fingerprint density at radius 2 is 1.97 bits per heavy atom. The second-order valence-corrected chi connectivity index (χ2v) is 9.42. The Kier molecular flexibility index (Phi) is 9.25. The Morgan fingerprint density at radius 1 is 1.26 bits per heavy atom. The third-order valence-electron chi connectivity index (χ3n) is 5.90. The van der Waals surface area contributed by atoms with E-state index in [2.05, 4.69) is 11.4 Å². The molecule has 1 saturated heterocycles. The number of benzene rings is 1. The first-order valence-electron chi connectivity index (χ1n) is 11.3. The molecule has 1 aromatic carbocycles. The molecule has 0 spiro atoms. The van der Waals surface area contributed by atoms with Crippen molar-refractivity contribution in [2.75, 3.05) is 32.6 Å². The van der Waals surface area contributed by atoms with Crippen molar-refractivity contribution in [2.24, 2.45) is 5.92 Å². The zero-order chi connectivity index (χ0) is 24.7. The molecule has 182 valence electrons. The number of amides is 2. The highest BCUT2D eigenvalue weighted by atomic mass is 35.5. The Hall–Kier alpha value is -2.70. The lowest BCUT2D eigenvalue weighted by Gasteiger charge is -2.31. The Bertz CT molecular complexity index is 1010. The van der Waals surface area contributed by atoms with Gasteiger partial charge in [-0.3, -0.25) is 14.4 Å². The molecule has 8 nitrogen and oxygen atoms in total. The summed E-state index contributed by atoms with van der Waals surface area (Å²) in [6.45, 7) is 3.68. The van der Waals surface area contributed by atoms with Gasteiger partial charge in [-0.2, -0.15) is 5.26 Å². The summed E-state index contributed by atoms with van der Waals surface area (Å²) in [6.07, 6.45) is 4.16. The number of carbonyl (C=O) groups excluding carboxylic acids is 3. The number of hydrogen-bond donors (Lipinski definition) is 1. The third-order valence-corrected chi connectivity index (χ3v) is 7.19. The SMILES string of the molecule is CCOc1ccc([C@H]2C(C#N)=C(SCC(=O)N3CCCCCC3)NC(=O)[C@H]2C(=O)OC)cc1Cl. The van der Waals surface area contributed by atoms with Gasteiger partial charge in [0.2, 0.25) is 11.8 Å². The van der Waals surface area contributed by atoms with Crippen molar-refractivity contribution in [2.45, 2.75) is 38.5 Å². The number of methoxy groups -OCH3 is 1. The molecule has 1 aromatic rings. The van der Waals surface area contributed by atoms with Crippen LogP contribution >= 0.6 is 23.4 Å². The van der Waals surface area contributed by atoms with Crippen molar-refractivity contribution >= 4 is 41.1 Å². The van der Waals surface area contributed by atoms with Crippen molar-refractivity contribution in [1.29, 1.82) is 5.26 Å². The van der Waals surface area contributed by atoms with Gasteiger partial charge in [-0.25, -0.2) is 0 Å². The van der Waals surface area contributed by atoms with Gasteiger partial charge in [0, 0.05) is 19.0 Å². The predicted octanol–water partition coefficient (Wildman–Crippen LogP) is 3.61. The number of thioether (sulfide) groups is 1. The Balaban J connectivity index is 1.93. The number of allylic oxidation sites excluding steroid dienone is 1. The predicted molar refractivity (Wildman–Crippen MR) is 129 cm³/mol. The lowest BCUT2D eigenvalue weighted by atomic mass is 9.78. The van der Waals surface area contributed by atoms with Crippen LogP contribution in [0.5, 0.6) is 5.75 Å². The number of likely N-dealkylation sites (tertiary alicyclic amines) is 1. The minimum absolute atomic E-state index is 0.0401. The minimum Gasteiger partial charge on any atom is -0.492 e. The summed E-state index contributed by atoms with van der Waals surface area (Å²) in [6, 6.07) is 7.06. The Labute approximate surface area is 208 Å². The lowest BCUT2D eigenvalue weighted by molar-refractivity contribution is -0.150. The third kappa shape index (κ3) is 5.86. The molecule has 2 amide bonds. The molecular weight excluding hydrogens is 478 g/mol. The molecular formula is C24H28ClN3O5S. The zero-order valence-electron chi connectivity index (χ0n) is 19.3. The van der Waals surface area contributed by atoms with E-state index in [0.717, 1.165) is 37.4 Å². The van der Waals surface area contributed by atoms with E-state index in [-0.39, 0.29) is 22.3 Å². The van der Waals surface area contributed by atoms with Crippen LogP contribution in [0.4, 0.5) is 0 Å². The summed E-state index contributed by atoms with van der Waals surface area (Å²) in [4.78, 5) is 40.1. The van der Waals surface area contributed by atoms with Crippen LogP contribution in [0.3, 0.4) is 0 Å². The van der Waals surface area contributed by atoms with E-state index in [9.17, 15) is 19.6 Å². The molecule has 10 heteroatoms. The van der Waals surface area contributed by atoms with E-state index in [0.29, 0.717) is 36.0 Å². The van der Waals surface area contributed by atoms with E-state index in [1.165, 1.54) is 7.11 Å². The van der Waals surface area contributed by atoms with Crippen molar-refractivity contribution < 1.29 is 23.9 Å². The highest BCUT2D eigenvalue weighted by Gasteiger charge is 2.44. The lowest BCUT2D eigenvalue weighted by Crippen LogP contribution is -2.44. The summed E-state index contributed by atoms with van der Waals surface area (Å²) in [7, 11) is 1.19. The fraction of sp³-hybridized carbons (Fsp3) is 0.500. The normalized spacial score (nSPS) is 20.8. The highest BCUT2D eigenvalue weighted by Crippen LogP contribution is 2.42. The van der Waals surface area contributed by atoms with E-state index in [1.54, 1.807) is 18.2 Å². The van der Waals surface area contributed by atoms with E-state index >= 15 is 0 Å². The fourth-order valence-electron chi connectivity index (χ4n) is 4.21. The Morgan fingerprint density at radius 3 is 2.56 bits per heavy atom. The van der Waals surface area contributed by atoms with Crippen LogP contribution in [0.25, 0.3) is 0 Å². The maximum atomic E-state index is 13.0. The van der Waals surface area contributed by atoms with Crippen molar-refractivity contribution in [3.63, 3.8) is 0 Å². The van der Waals surface area contributed by atoms with Crippen molar-refractivity contribution in [3.05, 3.63) is 39.4 Å². The zero-order valence-corrected chi connectivity index (χ0v) is 20.8. The summed E-state index contributed by atoms with van der Waals surface area (Å²) in [5, 5.41) is 13.3. The fourth-order valence-corrected chi connectivity index (χ4v) is 5.40. The van der Waals surface area contributed by atoms with Crippen LogP contribution in [0.1, 0.15) is 44.1 Å². The molecule has 0 aliphatic carbocycles. The quantitative estimate of drug-likeness (QED) is 0.445. The molecule has 2 aliphatic rings. The van der Waals surface area contributed by atoms with Crippen LogP contribution in [0, 0.1) is 17.2 Å². The van der Waals surface area contributed by atoms with Gasteiger partial charge < -0.3 is 19.7 Å². The van der Waals surface area contributed by atoms with E-state index in [4.69, 9.17) is 21.1 Å². The molecule has 0 bridgehead atoms. The van der Waals surface area contributed by atoms with E-state index in [1.807, 2.05) is 11.8 Å². The first kappa shape index (κ1) is 25.9. The topological polar surface area (TPSA) is 109 Å². The van der Waals surface area contributed by atoms with E-state index < -0.39 is 23.7 Å². The van der Waals surface area contributed by atoms with Crippen molar-refractivity contribution in [3.8, 4) is 11.8 Å². The monoisotopic (exact) mass is 505 g/mol. The van der Waals surface area contributed by atoms with Gasteiger partial charge in [-0.1, -0.05) is 42.3 Å². The highest BCUT2D eigenvalue weighted by molar-refractivity contribution is 8.03. The van der Waals surface area contributed by atoms with Crippen LogP contribution in [0.15, 0.2) is 28.8 Å². The second-order valence-electron chi connectivity index (χ2n) is 8.03. The average molecular weight is 506 g/mol. The maximum Gasteiger partial charge on any atom is 0.319 e. The number of ether oxygens (including phenoxy) is 2. The minimum atomic E-state index is -1.26. The largest absolute Gasteiger partial charge is 0.492 e. The van der Waals surface area contributed by atoms with Gasteiger partial charge in [-0.05, 0) is 37.5 Å². The molecule has 0 unspecified atom stereocenters. The molecule has 34 heavy (non-hydrogen) atoms. The molecule has 0 radical (unpaired) electrons. The van der Waals surface area contributed by atoms with Gasteiger partial charge in [0.05, 0.1) is 41.2 Å². The van der Waals surface area contributed by atoms with Gasteiger partial charge in [0.15, 0.2) is 0 Å². The average Bonchev–Trinajstić information content (AvgIpc) is 3.12. The molecule has 1 N–H and O–H groups in total. The first-order chi connectivity index (χ1) is 16.4. The molecule has 2 heterocycles. The van der Waals surface area contributed by atoms with Crippen molar-refractivity contribution in [1.82, 2.24) is 10.2 Å². The molecule has 1 fully saturated rings. The number of carbonyl (C=O) groups is 3. The van der Waals surface area contributed by atoms with Crippen LogP contribution in [-0.2, 0) is 19.1 Å².